The number of nitrogens with one attached hydrogen (secondary N) is 1. The molecule has 2 fully saturated rings. The van der Waals surface area contributed by atoms with Gasteiger partial charge in [-0.25, -0.2) is 0 Å². The molecular formula is C14H15N3O. The van der Waals surface area contributed by atoms with Gasteiger partial charge >= 0.3 is 0 Å². The van der Waals surface area contributed by atoms with Crippen LogP contribution in [-0.2, 0) is 4.79 Å². The van der Waals surface area contributed by atoms with Crippen LogP contribution < -0.4 is 10.2 Å². The molecular weight excluding hydrogens is 226 g/mol. The van der Waals surface area contributed by atoms with E-state index in [0.717, 1.165) is 31.6 Å². The summed E-state index contributed by atoms with van der Waals surface area (Å²) in [7, 11) is 0. The van der Waals surface area contributed by atoms with Gasteiger partial charge in [0.25, 0.3) is 0 Å². The summed E-state index contributed by atoms with van der Waals surface area (Å²) in [5.74, 6) is 0.327. The standard InChI is InChI=1S/C14H15N3O/c15-8-10-3-5-11(6-4-10)17-7-1-2-12-13(17)9-16-14(12)18/h3-6,12-13H,1-2,7,9H2,(H,16,18). The van der Waals surface area contributed by atoms with Crippen LogP contribution in [0.15, 0.2) is 24.3 Å². The van der Waals surface area contributed by atoms with Gasteiger partial charge in [-0.05, 0) is 37.1 Å². The molecule has 0 aliphatic carbocycles. The van der Waals surface area contributed by atoms with Gasteiger partial charge < -0.3 is 10.2 Å². The molecule has 2 aliphatic rings. The number of rotatable bonds is 1. The Morgan fingerprint density at radius 3 is 2.83 bits per heavy atom. The Hall–Kier alpha value is -2.02. The van der Waals surface area contributed by atoms with Crippen LogP contribution in [-0.4, -0.2) is 25.0 Å². The number of carbonyl (C=O) groups excluding carboxylic acids is 1. The van der Waals surface area contributed by atoms with E-state index < -0.39 is 0 Å². The van der Waals surface area contributed by atoms with E-state index in [-0.39, 0.29) is 17.9 Å². The highest BCUT2D eigenvalue weighted by Crippen LogP contribution is 2.31. The minimum absolute atomic E-state index is 0.134. The van der Waals surface area contributed by atoms with Gasteiger partial charge in [0.1, 0.15) is 0 Å². The molecule has 0 radical (unpaired) electrons. The Balaban J connectivity index is 1.86. The molecule has 2 heterocycles. The van der Waals surface area contributed by atoms with Gasteiger partial charge in [0.05, 0.1) is 23.6 Å². The lowest BCUT2D eigenvalue weighted by molar-refractivity contribution is -0.122. The molecule has 1 aromatic rings. The molecule has 1 N–H and O–H groups in total. The first-order chi connectivity index (χ1) is 8.79. The molecule has 3 rings (SSSR count). The van der Waals surface area contributed by atoms with Crippen molar-refractivity contribution in [3.63, 3.8) is 0 Å². The Morgan fingerprint density at radius 1 is 1.33 bits per heavy atom. The fraction of sp³-hybridized carbons (Fsp3) is 0.429. The van der Waals surface area contributed by atoms with Gasteiger partial charge in [-0.15, -0.1) is 0 Å². The highest BCUT2D eigenvalue weighted by atomic mass is 16.2. The first kappa shape index (κ1) is 11.1. The normalized spacial score (nSPS) is 26.4. The summed E-state index contributed by atoms with van der Waals surface area (Å²) in [6.07, 6.45) is 2.04. The van der Waals surface area contributed by atoms with E-state index in [0.29, 0.717) is 5.56 Å². The molecule has 0 saturated carbocycles. The van der Waals surface area contributed by atoms with Crippen LogP contribution in [0.25, 0.3) is 0 Å². The molecule has 1 aromatic carbocycles. The number of fused-ring (bicyclic) bond motifs is 1. The second kappa shape index (κ2) is 4.34. The number of carbonyl (C=O) groups is 1. The topological polar surface area (TPSA) is 56.1 Å². The average Bonchev–Trinajstić information content (AvgIpc) is 2.81. The van der Waals surface area contributed by atoms with Crippen molar-refractivity contribution in [1.29, 1.82) is 5.26 Å². The van der Waals surface area contributed by atoms with Crippen LogP contribution in [0.1, 0.15) is 18.4 Å². The molecule has 2 saturated heterocycles. The Kier molecular flexibility index (Phi) is 2.67. The van der Waals surface area contributed by atoms with Gasteiger partial charge in [-0.2, -0.15) is 5.26 Å². The van der Waals surface area contributed by atoms with Crippen LogP contribution >= 0.6 is 0 Å². The number of piperidine rings is 1. The van der Waals surface area contributed by atoms with Crippen LogP contribution in [0.2, 0.25) is 0 Å². The molecule has 0 spiro atoms. The summed E-state index contributed by atoms with van der Waals surface area (Å²) < 4.78 is 0. The number of hydrogen-bond acceptors (Lipinski definition) is 3. The first-order valence-electron chi connectivity index (χ1n) is 6.34. The smallest absolute Gasteiger partial charge is 0.225 e. The van der Waals surface area contributed by atoms with Crippen LogP contribution in [0.3, 0.4) is 0 Å². The summed E-state index contributed by atoms with van der Waals surface area (Å²) in [4.78, 5) is 14.0. The zero-order valence-corrected chi connectivity index (χ0v) is 10.1. The van der Waals surface area contributed by atoms with Crippen molar-refractivity contribution in [2.75, 3.05) is 18.0 Å². The summed E-state index contributed by atoms with van der Waals surface area (Å²) in [6, 6.07) is 10.0. The van der Waals surface area contributed by atoms with Gasteiger partial charge in [0.15, 0.2) is 0 Å². The summed E-state index contributed by atoms with van der Waals surface area (Å²) in [6.45, 7) is 1.73. The van der Waals surface area contributed by atoms with Crippen LogP contribution in [0.4, 0.5) is 5.69 Å². The van der Waals surface area contributed by atoms with E-state index in [1.54, 1.807) is 0 Å². The fourth-order valence-electron chi connectivity index (χ4n) is 3.00. The van der Waals surface area contributed by atoms with Gasteiger partial charge in [-0.3, -0.25) is 4.79 Å². The van der Waals surface area contributed by atoms with Gasteiger partial charge in [0, 0.05) is 18.8 Å². The average molecular weight is 241 g/mol. The largest absolute Gasteiger partial charge is 0.366 e. The Labute approximate surface area is 106 Å². The highest BCUT2D eigenvalue weighted by Gasteiger charge is 2.40. The lowest BCUT2D eigenvalue weighted by Gasteiger charge is -2.37. The van der Waals surface area contributed by atoms with E-state index in [1.807, 2.05) is 24.3 Å². The molecule has 2 unspecified atom stereocenters. The minimum Gasteiger partial charge on any atom is -0.366 e. The van der Waals surface area contributed by atoms with Crippen molar-refractivity contribution in [3.8, 4) is 6.07 Å². The quantitative estimate of drug-likeness (QED) is 0.805. The Morgan fingerprint density at radius 2 is 2.11 bits per heavy atom. The van der Waals surface area contributed by atoms with E-state index in [4.69, 9.17) is 5.26 Å². The third-order valence-corrected chi connectivity index (χ3v) is 3.93. The maximum atomic E-state index is 11.7. The third-order valence-electron chi connectivity index (χ3n) is 3.93. The molecule has 92 valence electrons. The summed E-state index contributed by atoms with van der Waals surface area (Å²) in [5.41, 5.74) is 1.79. The number of nitriles is 1. The molecule has 2 aliphatic heterocycles. The third kappa shape index (κ3) is 1.72. The SMILES string of the molecule is N#Cc1ccc(N2CCCC3C(=O)NCC32)cc1. The van der Waals surface area contributed by atoms with E-state index in [9.17, 15) is 4.79 Å². The van der Waals surface area contributed by atoms with Gasteiger partial charge in [-0.1, -0.05) is 0 Å². The lowest BCUT2D eigenvalue weighted by Crippen LogP contribution is -2.45. The lowest BCUT2D eigenvalue weighted by atomic mass is 9.91. The molecule has 1 amide bonds. The van der Waals surface area contributed by atoms with Crippen molar-refractivity contribution in [2.45, 2.75) is 18.9 Å². The number of amides is 1. The molecule has 4 nitrogen and oxygen atoms in total. The monoisotopic (exact) mass is 241 g/mol. The molecule has 0 aromatic heterocycles. The maximum Gasteiger partial charge on any atom is 0.225 e. The highest BCUT2D eigenvalue weighted by molar-refractivity contribution is 5.83. The first-order valence-corrected chi connectivity index (χ1v) is 6.34. The predicted molar refractivity (Wildman–Crippen MR) is 68.0 cm³/mol. The number of nitrogens with zero attached hydrogens (tertiary/aromatic N) is 2. The van der Waals surface area contributed by atoms with Gasteiger partial charge in [0.2, 0.25) is 5.91 Å². The second-order valence-electron chi connectivity index (χ2n) is 4.91. The summed E-state index contributed by atoms with van der Waals surface area (Å²) in [5, 5.41) is 11.8. The molecule has 2 atom stereocenters. The van der Waals surface area contributed by atoms with Crippen molar-refractivity contribution in [1.82, 2.24) is 5.32 Å². The zero-order chi connectivity index (χ0) is 12.5. The second-order valence-corrected chi connectivity index (χ2v) is 4.91. The van der Waals surface area contributed by atoms with Crippen LogP contribution in [0.5, 0.6) is 0 Å². The minimum atomic E-state index is 0.134. The maximum absolute atomic E-state index is 11.7. The van der Waals surface area contributed by atoms with E-state index in [2.05, 4.69) is 16.3 Å². The predicted octanol–water partition coefficient (Wildman–Crippen LogP) is 1.27. The Bertz CT molecular complexity index is 503. The molecule has 4 heteroatoms. The van der Waals surface area contributed by atoms with E-state index >= 15 is 0 Å². The number of hydrogen-bond donors (Lipinski definition) is 1. The van der Waals surface area contributed by atoms with Crippen molar-refractivity contribution in [2.24, 2.45) is 5.92 Å². The molecule has 18 heavy (non-hydrogen) atoms. The number of benzene rings is 1. The van der Waals surface area contributed by atoms with E-state index in [1.165, 1.54) is 0 Å². The molecule has 0 bridgehead atoms. The number of anilines is 1. The van der Waals surface area contributed by atoms with Crippen molar-refractivity contribution < 1.29 is 4.79 Å². The van der Waals surface area contributed by atoms with Crippen molar-refractivity contribution in [3.05, 3.63) is 29.8 Å². The summed E-state index contributed by atoms with van der Waals surface area (Å²) >= 11 is 0. The van der Waals surface area contributed by atoms with Crippen molar-refractivity contribution >= 4 is 11.6 Å². The zero-order valence-electron chi connectivity index (χ0n) is 10.1. The van der Waals surface area contributed by atoms with Crippen LogP contribution in [0, 0.1) is 17.2 Å². The fourth-order valence-corrected chi connectivity index (χ4v) is 3.00.